The van der Waals surface area contributed by atoms with Crippen LogP contribution in [-0.4, -0.2) is 15.5 Å². The van der Waals surface area contributed by atoms with Gasteiger partial charge in [-0.2, -0.15) is 0 Å². The van der Waals surface area contributed by atoms with E-state index in [1.54, 1.807) is 29.9 Å². The van der Waals surface area contributed by atoms with E-state index in [9.17, 15) is 9.59 Å². The second-order valence-electron chi connectivity index (χ2n) is 7.80. The molecule has 0 atom stereocenters. The summed E-state index contributed by atoms with van der Waals surface area (Å²) in [6, 6.07) is 22.6. The third-order valence-corrected chi connectivity index (χ3v) is 6.48. The summed E-state index contributed by atoms with van der Waals surface area (Å²) in [5.41, 5.74) is 3.04. The lowest BCUT2D eigenvalue weighted by molar-refractivity contribution is 0.102. The topological polar surface area (TPSA) is 89.2 Å². The van der Waals surface area contributed by atoms with E-state index in [0.717, 1.165) is 15.8 Å². The molecule has 5 aromatic rings. The van der Waals surface area contributed by atoms with E-state index in [1.807, 2.05) is 54.6 Å². The smallest absolute Gasteiger partial charge is 0.261 e. The third-order valence-electron chi connectivity index (χ3n) is 5.53. The fourth-order valence-electron chi connectivity index (χ4n) is 3.83. The van der Waals surface area contributed by atoms with Crippen LogP contribution in [0.5, 0.6) is 0 Å². The van der Waals surface area contributed by atoms with Crippen LogP contribution in [0.15, 0.2) is 88.3 Å². The Kier molecular flexibility index (Phi) is 5.97. The number of benzene rings is 2. The monoisotopic (exact) mass is 470 g/mol. The molecular formula is C26H22N4O3S. The van der Waals surface area contributed by atoms with Crippen molar-refractivity contribution in [3.8, 4) is 0 Å². The van der Waals surface area contributed by atoms with E-state index in [2.05, 4.69) is 15.6 Å². The number of furan rings is 1. The molecule has 0 spiro atoms. The highest BCUT2D eigenvalue weighted by molar-refractivity contribution is 7.22. The van der Waals surface area contributed by atoms with Crippen molar-refractivity contribution in [3.05, 3.63) is 112 Å². The number of thiazole rings is 1. The molecule has 7 nitrogen and oxygen atoms in total. The number of para-hydroxylation sites is 1. The van der Waals surface area contributed by atoms with Gasteiger partial charge >= 0.3 is 0 Å². The molecule has 0 aliphatic rings. The lowest BCUT2D eigenvalue weighted by Crippen LogP contribution is -2.28. The number of carbonyl (C=O) groups is 1. The van der Waals surface area contributed by atoms with Gasteiger partial charge in [0.2, 0.25) is 0 Å². The maximum atomic E-state index is 13.5. The molecule has 0 saturated carbocycles. The predicted molar refractivity (Wildman–Crippen MR) is 135 cm³/mol. The summed E-state index contributed by atoms with van der Waals surface area (Å²) in [6.07, 6.45) is 1.56. The number of hydrogen-bond acceptors (Lipinski definition) is 6. The van der Waals surface area contributed by atoms with Crippen molar-refractivity contribution in [3.63, 3.8) is 0 Å². The van der Waals surface area contributed by atoms with Gasteiger partial charge in [-0.05, 0) is 36.8 Å². The highest BCUT2D eigenvalue weighted by atomic mass is 32.1. The lowest BCUT2D eigenvalue weighted by atomic mass is 10.1. The molecule has 2 N–H and O–H groups in total. The minimum absolute atomic E-state index is 0.221. The quantitative estimate of drug-likeness (QED) is 0.338. The Labute approximate surface area is 199 Å². The molecule has 0 unspecified atom stereocenters. The molecule has 0 saturated heterocycles. The van der Waals surface area contributed by atoms with Crippen LogP contribution in [-0.2, 0) is 13.1 Å². The first kappa shape index (κ1) is 21.7. The normalized spacial score (nSPS) is 11.0. The van der Waals surface area contributed by atoms with E-state index < -0.39 is 0 Å². The molecule has 0 aliphatic carbocycles. The van der Waals surface area contributed by atoms with Gasteiger partial charge in [0.25, 0.3) is 11.5 Å². The van der Waals surface area contributed by atoms with Crippen LogP contribution in [0.3, 0.4) is 0 Å². The van der Waals surface area contributed by atoms with Gasteiger partial charge in [-0.25, -0.2) is 4.98 Å². The Bertz CT molecular complexity index is 1470. The van der Waals surface area contributed by atoms with E-state index in [1.165, 1.54) is 17.4 Å². The van der Waals surface area contributed by atoms with E-state index in [4.69, 9.17) is 4.42 Å². The van der Waals surface area contributed by atoms with Gasteiger partial charge in [0, 0.05) is 18.3 Å². The Balaban J connectivity index is 1.51. The molecule has 1 amide bonds. The average molecular weight is 471 g/mol. The minimum atomic E-state index is -0.333. The fraction of sp³-hybridized carbons (Fsp3) is 0.115. The predicted octanol–water partition coefficient (Wildman–Crippen LogP) is 5.27. The van der Waals surface area contributed by atoms with E-state index in [-0.39, 0.29) is 18.0 Å². The molecule has 0 radical (unpaired) electrons. The number of nitrogens with zero attached hydrogens (tertiary/aromatic N) is 2. The van der Waals surface area contributed by atoms with Crippen molar-refractivity contribution in [2.45, 2.75) is 20.0 Å². The molecule has 3 heterocycles. The summed E-state index contributed by atoms with van der Waals surface area (Å²) in [7, 11) is 0. The molecule has 3 aromatic heterocycles. The number of anilines is 2. The van der Waals surface area contributed by atoms with Gasteiger partial charge in [0.15, 0.2) is 5.13 Å². The van der Waals surface area contributed by atoms with Crippen molar-refractivity contribution < 1.29 is 9.21 Å². The molecule has 0 fully saturated rings. The third kappa shape index (κ3) is 4.49. The molecule has 5 rings (SSSR count). The number of amides is 1. The van der Waals surface area contributed by atoms with Crippen molar-refractivity contribution in [2.24, 2.45) is 0 Å². The van der Waals surface area contributed by atoms with Crippen LogP contribution in [0, 0.1) is 6.92 Å². The number of hydrogen-bond donors (Lipinski definition) is 2. The van der Waals surface area contributed by atoms with Gasteiger partial charge < -0.3 is 14.3 Å². The summed E-state index contributed by atoms with van der Waals surface area (Å²) in [5.74, 6) is 0.299. The molecule has 34 heavy (non-hydrogen) atoms. The van der Waals surface area contributed by atoms with E-state index in [0.29, 0.717) is 34.4 Å². The first-order valence-electron chi connectivity index (χ1n) is 10.8. The Morgan fingerprint density at radius 2 is 1.85 bits per heavy atom. The SMILES string of the molecule is Cc1c(C(=O)Nc2nc3ccccc3s2)c(NCc2ccccc2)cc(=O)n1Cc1ccco1. The molecule has 8 heteroatoms. The Morgan fingerprint density at radius 1 is 1.06 bits per heavy atom. The van der Waals surface area contributed by atoms with Gasteiger partial charge in [0.05, 0.1) is 34.3 Å². The van der Waals surface area contributed by atoms with Gasteiger partial charge in [-0.15, -0.1) is 0 Å². The zero-order chi connectivity index (χ0) is 23.5. The van der Waals surface area contributed by atoms with Crippen molar-refractivity contribution in [1.29, 1.82) is 0 Å². The summed E-state index contributed by atoms with van der Waals surface area (Å²) in [4.78, 5) is 31.0. The summed E-state index contributed by atoms with van der Waals surface area (Å²) < 4.78 is 7.96. The average Bonchev–Trinajstić information content (AvgIpc) is 3.50. The minimum Gasteiger partial charge on any atom is -0.467 e. The molecule has 0 aliphatic heterocycles. The van der Waals surface area contributed by atoms with Crippen LogP contribution in [0.4, 0.5) is 10.8 Å². The molecule has 0 bridgehead atoms. The van der Waals surface area contributed by atoms with Crippen LogP contribution < -0.4 is 16.2 Å². The summed E-state index contributed by atoms with van der Waals surface area (Å²) in [6.45, 7) is 2.48. The van der Waals surface area contributed by atoms with Crippen molar-refractivity contribution in [1.82, 2.24) is 9.55 Å². The van der Waals surface area contributed by atoms with Crippen LogP contribution in [0.25, 0.3) is 10.2 Å². The number of rotatable bonds is 7. The second kappa shape index (κ2) is 9.36. The Morgan fingerprint density at radius 3 is 2.62 bits per heavy atom. The van der Waals surface area contributed by atoms with Crippen LogP contribution in [0.2, 0.25) is 0 Å². The van der Waals surface area contributed by atoms with Gasteiger partial charge in [-0.1, -0.05) is 53.8 Å². The molecule has 170 valence electrons. The maximum Gasteiger partial charge on any atom is 0.261 e. The highest BCUT2D eigenvalue weighted by Gasteiger charge is 2.21. The first-order valence-corrected chi connectivity index (χ1v) is 11.6. The van der Waals surface area contributed by atoms with Gasteiger partial charge in [-0.3, -0.25) is 14.9 Å². The highest BCUT2D eigenvalue weighted by Crippen LogP contribution is 2.27. The molecule has 2 aromatic carbocycles. The largest absolute Gasteiger partial charge is 0.467 e. The number of nitrogens with one attached hydrogen (secondary N) is 2. The Hall–Kier alpha value is -4.17. The number of aromatic nitrogens is 2. The fourth-order valence-corrected chi connectivity index (χ4v) is 4.69. The second-order valence-corrected chi connectivity index (χ2v) is 8.83. The first-order chi connectivity index (χ1) is 16.6. The maximum absolute atomic E-state index is 13.5. The number of fused-ring (bicyclic) bond motifs is 1. The van der Waals surface area contributed by atoms with Crippen molar-refractivity contribution in [2.75, 3.05) is 10.6 Å². The lowest BCUT2D eigenvalue weighted by Gasteiger charge is -2.18. The van der Waals surface area contributed by atoms with Crippen LogP contribution in [0.1, 0.15) is 27.4 Å². The van der Waals surface area contributed by atoms with E-state index >= 15 is 0 Å². The van der Waals surface area contributed by atoms with Gasteiger partial charge in [0.1, 0.15) is 5.76 Å². The number of pyridine rings is 1. The van der Waals surface area contributed by atoms with Crippen LogP contribution >= 0.6 is 11.3 Å². The van der Waals surface area contributed by atoms with Crippen molar-refractivity contribution >= 4 is 38.3 Å². The summed E-state index contributed by atoms with van der Waals surface area (Å²) in [5, 5.41) is 6.70. The summed E-state index contributed by atoms with van der Waals surface area (Å²) >= 11 is 1.41. The number of carbonyl (C=O) groups excluding carboxylic acids is 1. The molecular weight excluding hydrogens is 448 g/mol. The standard InChI is InChI=1S/C26H22N4O3S/c1-17-24(25(32)29-26-28-20-11-5-6-12-22(20)34-26)21(27-15-18-8-3-2-4-9-18)14-23(31)30(17)16-19-10-7-13-33-19/h2-14,27H,15-16H2,1H3,(H,28,29,32). The zero-order valence-electron chi connectivity index (χ0n) is 18.4. The zero-order valence-corrected chi connectivity index (χ0v) is 19.3.